The minimum atomic E-state index is -1.06. The van der Waals surface area contributed by atoms with Crippen LogP contribution in [0.3, 0.4) is 0 Å². The molecule has 0 bridgehead atoms. The zero-order valence-corrected chi connectivity index (χ0v) is 14.1. The van der Waals surface area contributed by atoms with E-state index in [4.69, 9.17) is 11.6 Å². The van der Waals surface area contributed by atoms with Crippen molar-refractivity contribution in [2.24, 2.45) is 5.92 Å². The minimum absolute atomic E-state index is 0.135. The lowest BCUT2D eigenvalue weighted by atomic mass is 9.92. The molecule has 112 valence electrons. The van der Waals surface area contributed by atoms with Gasteiger partial charge in [0.25, 0.3) is 0 Å². The molecule has 0 aliphatic heterocycles. The average molecular weight is 314 g/mol. The topological polar surface area (TPSA) is 35.1 Å². The lowest BCUT2D eigenvalue weighted by Crippen LogP contribution is -2.43. The summed E-state index contributed by atoms with van der Waals surface area (Å²) in [5.41, 5.74) is 1.15. The van der Waals surface area contributed by atoms with E-state index in [9.17, 15) is 4.55 Å². The molecule has 1 unspecified atom stereocenters. The number of rotatable bonds is 4. The third kappa shape index (κ3) is 4.14. The molecule has 1 aromatic carbocycles. The van der Waals surface area contributed by atoms with Crippen LogP contribution in [0.25, 0.3) is 0 Å². The maximum Gasteiger partial charge on any atom is 0.136 e. The van der Waals surface area contributed by atoms with Crippen molar-refractivity contribution in [2.45, 2.75) is 57.2 Å². The Hall–Kier alpha value is -0.220. The van der Waals surface area contributed by atoms with Crippen molar-refractivity contribution in [3.8, 4) is 0 Å². The summed E-state index contributed by atoms with van der Waals surface area (Å²) in [4.78, 5) is 0. The third-order valence-electron chi connectivity index (χ3n) is 3.87. The quantitative estimate of drug-likeness (QED) is 0.823. The van der Waals surface area contributed by atoms with E-state index in [2.05, 4.69) is 10.8 Å². The van der Waals surface area contributed by atoms with Gasteiger partial charge in [-0.1, -0.05) is 36.6 Å². The van der Waals surface area contributed by atoms with Crippen molar-refractivity contribution < 1.29 is 4.55 Å². The van der Waals surface area contributed by atoms with Crippen LogP contribution in [-0.2, 0) is 11.4 Å². The second kappa shape index (κ2) is 6.69. The van der Waals surface area contributed by atoms with Crippen LogP contribution in [-0.4, -0.2) is 9.30 Å². The highest BCUT2D eigenvalue weighted by atomic mass is 35.5. The van der Waals surface area contributed by atoms with Crippen LogP contribution in [0.5, 0.6) is 0 Å². The molecule has 1 aliphatic rings. The van der Waals surface area contributed by atoms with E-state index < -0.39 is 11.4 Å². The number of hydrogen-bond acceptors (Lipinski definition) is 2. The smallest absolute Gasteiger partial charge is 0.136 e. The van der Waals surface area contributed by atoms with Crippen LogP contribution < -0.4 is 4.72 Å². The molecule has 2 atom stereocenters. The first-order chi connectivity index (χ1) is 9.38. The predicted molar refractivity (Wildman–Crippen MR) is 87.2 cm³/mol. The normalized spacial score (nSPS) is 20.1. The van der Waals surface area contributed by atoms with Gasteiger partial charge in [0.05, 0.1) is 6.04 Å². The van der Waals surface area contributed by atoms with Crippen LogP contribution in [0.1, 0.15) is 58.1 Å². The van der Waals surface area contributed by atoms with E-state index >= 15 is 0 Å². The van der Waals surface area contributed by atoms with Gasteiger partial charge in [-0.15, -0.1) is 4.72 Å². The molecule has 2 nitrogen and oxygen atoms in total. The van der Waals surface area contributed by atoms with Crippen LogP contribution in [0.2, 0.25) is 5.02 Å². The van der Waals surface area contributed by atoms with Crippen molar-refractivity contribution in [3.63, 3.8) is 0 Å². The molecule has 1 saturated carbocycles. The minimum Gasteiger partial charge on any atom is -0.598 e. The Morgan fingerprint density at radius 3 is 2.50 bits per heavy atom. The molecule has 1 aromatic rings. The Morgan fingerprint density at radius 2 is 1.95 bits per heavy atom. The van der Waals surface area contributed by atoms with Gasteiger partial charge in [0.15, 0.2) is 0 Å². The van der Waals surface area contributed by atoms with E-state index in [-0.39, 0.29) is 10.8 Å². The number of benzene rings is 1. The summed E-state index contributed by atoms with van der Waals surface area (Å²) in [6.45, 7) is 6.00. The Bertz CT molecular complexity index is 440. The fourth-order valence-corrected chi connectivity index (χ4v) is 3.83. The zero-order chi connectivity index (χ0) is 14.8. The highest BCUT2D eigenvalue weighted by Gasteiger charge is 2.34. The maximum atomic E-state index is 12.5. The Balaban J connectivity index is 2.21. The van der Waals surface area contributed by atoms with Gasteiger partial charge in [-0.3, -0.25) is 0 Å². The second-order valence-electron chi connectivity index (χ2n) is 6.58. The van der Waals surface area contributed by atoms with Crippen molar-refractivity contribution in [2.75, 3.05) is 0 Å². The summed E-state index contributed by atoms with van der Waals surface area (Å²) < 4.78 is 15.6. The Morgan fingerprint density at radius 1 is 1.30 bits per heavy atom. The molecular weight excluding hydrogens is 290 g/mol. The second-order valence-corrected chi connectivity index (χ2v) is 9.01. The van der Waals surface area contributed by atoms with Crippen molar-refractivity contribution in [3.05, 3.63) is 34.9 Å². The average Bonchev–Trinajstić information content (AvgIpc) is 2.88. The molecule has 0 heterocycles. The van der Waals surface area contributed by atoms with Crippen LogP contribution in [0.15, 0.2) is 24.3 Å². The van der Waals surface area contributed by atoms with Crippen molar-refractivity contribution in [1.82, 2.24) is 4.72 Å². The summed E-state index contributed by atoms with van der Waals surface area (Å²) in [7, 11) is 0. The summed E-state index contributed by atoms with van der Waals surface area (Å²) in [5.74, 6) is 0.555. The fraction of sp³-hybridized carbons (Fsp3) is 0.625. The standard InChI is InChI=1S/C16H24ClNOS/c1-16(2,3)20(19)18-15(12-7-4-5-8-12)13-9-6-10-14(17)11-13/h6,9-12,15,18H,4-5,7-8H2,1-3H3/t15?,20-/m1/s1. The Kier molecular flexibility index (Phi) is 5.41. The van der Waals surface area contributed by atoms with Gasteiger partial charge < -0.3 is 4.55 Å². The monoisotopic (exact) mass is 313 g/mol. The molecule has 0 saturated heterocycles. The van der Waals surface area contributed by atoms with Gasteiger partial charge in [-0.05, 0) is 57.2 Å². The maximum absolute atomic E-state index is 12.5. The van der Waals surface area contributed by atoms with E-state index in [0.29, 0.717) is 5.92 Å². The third-order valence-corrected chi connectivity index (χ3v) is 5.68. The summed E-state index contributed by atoms with van der Waals surface area (Å²) >= 11 is 5.05. The van der Waals surface area contributed by atoms with Gasteiger partial charge in [0.2, 0.25) is 0 Å². The molecule has 0 radical (unpaired) electrons. The van der Waals surface area contributed by atoms with Crippen LogP contribution >= 0.6 is 11.6 Å². The predicted octanol–water partition coefficient (Wildman–Crippen LogP) is 4.62. The van der Waals surface area contributed by atoms with E-state index in [1.807, 2.05) is 39.0 Å². The van der Waals surface area contributed by atoms with Gasteiger partial charge in [-0.25, -0.2) is 0 Å². The molecule has 0 spiro atoms. The van der Waals surface area contributed by atoms with Gasteiger partial charge >= 0.3 is 0 Å². The SMILES string of the molecule is CC(C)(C)[S@@+]([O-])NC(c1cccc(Cl)c1)C1CCCC1. The first-order valence-corrected chi connectivity index (χ1v) is 8.84. The molecule has 20 heavy (non-hydrogen) atoms. The van der Waals surface area contributed by atoms with Gasteiger partial charge in [-0.2, -0.15) is 0 Å². The molecule has 0 amide bonds. The number of hydrogen-bond donors (Lipinski definition) is 1. The van der Waals surface area contributed by atoms with E-state index in [1.54, 1.807) is 0 Å². The zero-order valence-electron chi connectivity index (χ0n) is 12.5. The van der Waals surface area contributed by atoms with Crippen molar-refractivity contribution >= 4 is 23.0 Å². The molecule has 1 N–H and O–H groups in total. The molecule has 1 aliphatic carbocycles. The summed E-state index contributed by atoms with van der Waals surface area (Å²) in [5, 5.41) is 0.744. The fourth-order valence-electron chi connectivity index (χ4n) is 2.72. The number of nitrogens with one attached hydrogen (secondary N) is 1. The molecule has 0 aromatic heterocycles. The highest BCUT2D eigenvalue weighted by molar-refractivity contribution is 7.90. The number of halogens is 1. The van der Waals surface area contributed by atoms with E-state index in [0.717, 1.165) is 10.6 Å². The Labute approximate surface area is 130 Å². The van der Waals surface area contributed by atoms with Crippen LogP contribution in [0, 0.1) is 5.92 Å². The molecule has 4 heteroatoms. The molecule has 2 rings (SSSR count). The first kappa shape index (κ1) is 16.2. The lowest BCUT2D eigenvalue weighted by molar-refractivity contribution is 0.405. The summed E-state index contributed by atoms with van der Waals surface area (Å²) in [6, 6.07) is 8.08. The van der Waals surface area contributed by atoms with Gasteiger partial charge in [0, 0.05) is 16.4 Å². The van der Waals surface area contributed by atoms with Crippen molar-refractivity contribution in [1.29, 1.82) is 0 Å². The molecule has 1 fully saturated rings. The highest BCUT2D eigenvalue weighted by Crippen LogP contribution is 2.37. The van der Waals surface area contributed by atoms with Crippen LogP contribution in [0.4, 0.5) is 0 Å². The summed E-state index contributed by atoms with van der Waals surface area (Å²) in [6.07, 6.45) is 4.94. The lowest BCUT2D eigenvalue weighted by Gasteiger charge is -2.31. The largest absolute Gasteiger partial charge is 0.598 e. The molecular formula is C16H24ClNOS. The first-order valence-electron chi connectivity index (χ1n) is 7.31. The van der Waals surface area contributed by atoms with E-state index in [1.165, 1.54) is 25.7 Å². The van der Waals surface area contributed by atoms with Gasteiger partial charge in [0.1, 0.15) is 4.75 Å².